The molecule has 50 valence electrons. The van der Waals surface area contributed by atoms with Gasteiger partial charge in [-0.05, 0) is 6.92 Å². The Labute approximate surface area is 57.5 Å². The minimum atomic E-state index is 0.870. The molecule has 2 aromatic rings. The standard InChI is InChI=1S/C6H6N4/c1-5-2-7-4-10-6(5)8-3-9-10/h2-4H,1H3. The molecule has 2 heterocycles. The first-order chi connectivity index (χ1) is 4.88. The smallest absolute Gasteiger partial charge is 0.161 e. The van der Waals surface area contributed by atoms with Gasteiger partial charge >= 0.3 is 0 Å². The first kappa shape index (κ1) is 5.34. The van der Waals surface area contributed by atoms with E-state index in [4.69, 9.17) is 0 Å². The molecule has 0 fully saturated rings. The third-order valence-corrected chi connectivity index (χ3v) is 1.37. The second-order valence-electron chi connectivity index (χ2n) is 2.10. The van der Waals surface area contributed by atoms with Crippen molar-refractivity contribution >= 4 is 5.65 Å². The summed E-state index contributed by atoms with van der Waals surface area (Å²) in [6, 6.07) is 0. The van der Waals surface area contributed by atoms with Crippen LogP contribution in [-0.2, 0) is 0 Å². The van der Waals surface area contributed by atoms with E-state index < -0.39 is 0 Å². The Kier molecular flexibility index (Phi) is 0.943. The molecule has 0 spiro atoms. The highest BCUT2D eigenvalue weighted by Crippen LogP contribution is 2.00. The quantitative estimate of drug-likeness (QED) is 0.524. The lowest BCUT2D eigenvalue weighted by Crippen LogP contribution is -1.90. The summed E-state index contributed by atoms with van der Waals surface area (Å²) in [4.78, 5) is 7.98. The number of hydrogen-bond acceptors (Lipinski definition) is 3. The van der Waals surface area contributed by atoms with E-state index in [9.17, 15) is 0 Å². The minimum absolute atomic E-state index is 0.870. The van der Waals surface area contributed by atoms with Gasteiger partial charge in [-0.1, -0.05) is 0 Å². The molecule has 0 atom stereocenters. The van der Waals surface area contributed by atoms with E-state index in [2.05, 4.69) is 15.1 Å². The summed E-state index contributed by atoms with van der Waals surface area (Å²) in [5.74, 6) is 0. The van der Waals surface area contributed by atoms with E-state index >= 15 is 0 Å². The van der Waals surface area contributed by atoms with Crippen LogP contribution in [0.3, 0.4) is 0 Å². The molecule has 4 nitrogen and oxygen atoms in total. The van der Waals surface area contributed by atoms with Crippen LogP contribution in [0, 0.1) is 6.92 Å². The summed E-state index contributed by atoms with van der Waals surface area (Å²) in [6.45, 7) is 1.96. The van der Waals surface area contributed by atoms with E-state index in [-0.39, 0.29) is 0 Å². The molecule has 2 aromatic heterocycles. The maximum absolute atomic E-state index is 4.03. The molecule has 0 aromatic carbocycles. The lowest BCUT2D eigenvalue weighted by atomic mass is 10.4. The van der Waals surface area contributed by atoms with Crippen LogP contribution >= 0.6 is 0 Å². The molecular weight excluding hydrogens is 128 g/mol. The number of rotatable bonds is 0. The van der Waals surface area contributed by atoms with Gasteiger partial charge in [0, 0.05) is 11.8 Å². The first-order valence-electron chi connectivity index (χ1n) is 2.98. The number of nitrogens with zero attached hydrogens (tertiary/aromatic N) is 4. The fraction of sp³-hybridized carbons (Fsp3) is 0.167. The minimum Gasteiger partial charge on any atom is -0.244 e. The molecule has 10 heavy (non-hydrogen) atoms. The van der Waals surface area contributed by atoms with Gasteiger partial charge in [-0.25, -0.2) is 14.5 Å². The third-order valence-electron chi connectivity index (χ3n) is 1.37. The zero-order valence-corrected chi connectivity index (χ0v) is 5.52. The fourth-order valence-electron chi connectivity index (χ4n) is 0.883. The lowest BCUT2D eigenvalue weighted by molar-refractivity contribution is 0.914. The topological polar surface area (TPSA) is 43.1 Å². The summed E-state index contributed by atoms with van der Waals surface area (Å²) in [5, 5.41) is 3.92. The highest BCUT2D eigenvalue weighted by molar-refractivity contribution is 5.42. The second-order valence-corrected chi connectivity index (χ2v) is 2.10. The highest BCUT2D eigenvalue weighted by atomic mass is 15.3. The van der Waals surface area contributed by atoms with Crippen LogP contribution in [0.2, 0.25) is 0 Å². The molecule has 0 aliphatic rings. The van der Waals surface area contributed by atoms with Gasteiger partial charge in [0.15, 0.2) is 5.65 Å². The van der Waals surface area contributed by atoms with Crippen molar-refractivity contribution in [3.05, 3.63) is 24.4 Å². The summed E-state index contributed by atoms with van der Waals surface area (Å²) >= 11 is 0. The number of hydrogen-bond donors (Lipinski definition) is 0. The van der Waals surface area contributed by atoms with Crippen LogP contribution < -0.4 is 0 Å². The average Bonchev–Trinajstić information content (AvgIpc) is 2.36. The molecule has 0 N–H and O–H groups in total. The van der Waals surface area contributed by atoms with Gasteiger partial charge in [-0.15, -0.1) is 0 Å². The van der Waals surface area contributed by atoms with Crippen LogP contribution in [0.25, 0.3) is 5.65 Å². The molecule has 0 unspecified atom stereocenters. The maximum Gasteiger partial charge on any atom is 0.161 e. The van der Waals surface area contributed by atoms with Crippen LogP contribution in [0.4, 0.5) is 0 Å². The van der Waals surface area contributed by atoms with Gasteiger partial charge in [-0.2, -0.15) is 5.10 Å². The molecule has 0 bridgehead atoms. The predicted octanol–water partition coefficient (Wildman–Crippen LogP) is 0.433. The Morgan fingerprint density at radius 3 is 3.20 bits per heavy atom. The van der Waals surface area contributed by atoms with Crippen molar-refractivity contribution in [2.45, 2.75) is 6.92 Å². The Morgan fingerprint density at radius 2 is 2.40 bits per heavy atom. The Hall–Kier alpha value is -1.45. The SMILES string of the molecule is Cc1cncn2ncnc12. The molecule has 4 heteroatoms. The fourth-order valence-corrected chi connectivity index (χ4v) is 0.883. The molecule has 0 saturated heterocycles. The molecule has 0 saturated carbocycles. The van der Waals surface area contributed by atoms with Crippen molar-refractivity contribution in [3.63, 3.8) is 0 Å². The highest BCUT2D eigenvalue weighted by Gasteiger charge is 1.95. The normalized spacial score (nSPS) is 10.5. The van der Waals surface area contributed by atoms with Gasteiger partial charge in [0.1, 0.15) is 12.7 Å². The van der Waals surface area contributed by atoms with Crippen molar-refractivity contribution in [2.75, 3.05) is 0 Å². The number of aryl methyl sites for hydroxylation is 1. The number of aromatic nitrogens is 4. The molecule has 0 aliphatic heterocycles. The summed E-state index contributed by atoms with van der Waals surface area (Å²) in [7, 11) is 0. The predicted molar refractivity (Wildman–Crippen MR) is 35.5 cm³/mol. The molecule has 0 radical (unpaired) electrons. The van der Waals surface area contributed by atoms with Crippen LogP contribution in [-0.4, -0.2) is 19.6 Å². The summed E-state index contributed by atoms with van der Waals surface area (Å²) < 4.78 is 1.65. The molecule has 0 amide bonds. The first-order valence-corrected chi connectivity index (χ1v) is 2.98. The zero-order chi connectivity index (χ0) is 6.97. The van der Waals surface area contributed by atoms with Gasteiger partial charge in [0.2, 0.25) is 0 Å². The van der Waals surface area contributed by atoms with E-state index in [0.29, 0.717) is 0 Å². The molecule has 2 rings (SSSR count). The van der Waals surface area contributed by atoms with E-state index in [0.717, 1.165) is 11.2 Å². The Morgan fingerprint density at radius 1 is 1.50 bits per heavy atom. The molecule has 0 aliphatic carbocycles. The van der Waals surface area contributed by atoms with Gasteiger partial charge in [0.05, 0.1) is 0 Å². The average molecular weight is 134 g/mol. The van der Waals surface area contributed by atoms with Crippen LogP contribution in [0.1, 0.15) is 5.56 Å². The van der Waals surface area contributed by atoms with Crippen molar-refractivity contribution < 1.29 is 0 Å². The summed E-state index contributed by atoms with van der Waals surface area (Å²) in [6.07, 6.45) is 4.92. The second kappa shape index (κ2) is 1.76. The van der Waals surface area contributed by atoms with Gasteiger partial charge < -0.3 is 0 Å². The Balaban J connectivity index is 2.95. The zero-order valence-electron chi connectivity index (χ0n) is 5.52. The maximum atomic E-state index is 4.03. The van der Waals surface area contributed by atoms with Crippen molar-refractivity contribution in [1.82, 2.24) is 19.6 Å². The molecular formula is C6H6N4. The van der Waals surface area contributed by atoms with Gasteiger partial charge in [-0.3, -0.25) is 0 Å². The van der Waals surface area contributed by atoms with Crippen LogP contribution in [0.15, 0.2) is 18.9 Å². The van der Waals surface area contributed by atoms with Crippen molar-refractivity contribution in [3.8, 4) is 0 Å². The monoisotopic (exact) mass is 134 g/mol. The largest absolute Gasteiger partial charge is 0.244 e. The van der Waals surface area contributed by atoms with E-state index in [1.165, 1.54) is 6.33 Å². The van der Waals surface area contributed by atoms with Crippen LogP contribution in [0.5, 0.6) is 0 Å². The third kappa shape index (κ3) is 0.586. The Bertz CT molecular complexity index is 351. The lowest BCUT2D eigenvalue weighted by Gasteiger charge is -1.91. The summed E-state index contributed by atoms with van der Waals surface area (Å²) in [5.41, 5.74) is 1.91. The van der Waals surface area contributed by atoms with Gasteiger partial charge in [0.25, 0.3) is 0 Å². The van der Waals surface area contributed by atoms with E-state index in [1.807, 2.05) is 6.92 Å². The van der Waals surface area contributed by atoms with Crippen molar-refractivity contribution in [2.24, 2.45) is 0 Å². The van der Waals surface area contributed by atoms with Crippen molar-refractivity contribution in [1.29, 1.82) is 0 Å². The number of fused-ring (bicyclic) bond motifs is 1. The van der Waals surface area contributed by atoms with E-state index in [1.54, 1.807) is 17.0 Å².